The summed E-state index contributed by atoms with van der Waals surface area (Å²) in [5, 5.41) is 1.96. The third kappa shape index (κ3) is 1.46. The van der Waals surface area contributed by atoms with Gasteiger partial charge in [0.25, 0.3) is 0 Å². The van der Waals surface area contributed by atoms with Crippen LogP contribution in [0.3, 0.4) is 0 Å². The fourth-order valence-corrected chi connectivity index (χ4v) is 5.69. The molecule has 2 aliphatic heterocycles. The summed E-state index contributed by atoms with van der Waals surface area (Å²) in [7, 11) is 0. The highest BCUT2D eigenvalue weighted by atomic mass is 79.9. The first-order chi connectivity index (χ1) is 9.09. The van der Waals surface area contributed by atoms with Gasteiger partial charge < -0.3 is 4.74 Å². The summed E-state index contributed by atoms with van der Waals surface area (Å²) >= 11 is 5.07. The first-order valence-corrected chi connectivity index (χ1v) is 8.23. The maximum Gasteiger partial charge on any atom is 0.154 e. The Morgan fingerprint density at radius 1 is 1.21 bits per heavy atom. The summed E-state index contributed by atoms with van der Waals surface area (Å²) in [5.41, 5.74) is 0.897. The second kappa shape index (κ2) is 3.99. The quantitative estimate of drug-likeness (QED) is 0.738. The molecule has 1 saturated carbocycles. The van der Waals surface area contributed by atoms with Crippen molar-refractivity contribution < 1.29 is 14.3 Å². The first kappa shape index (κ1) is 12.2. The SMILES string of the molecule is Cc1scc(Br)c1C1C(=O)[C@@H]2[C@H](C1=O)[C@@H]1CC[C@H]2O1. The summed E-state index contributed by atoms with van der Waals surface area (Å²) in [6.07, 6.45) is 1.85. The number of hydrogen-bond donors (Lipinski definition) is 0. The van der Waals surface area contributed by atoms with E-state index in [9.17, 15) is 9.59 Å². The Kier molecular flexibility index (Phi) is 2.57. The summed E-state index contributed by atoms with van der Waals surface area (Å²) in [5.74, 6) is -0.735. The van der Waals surface area contributed by atoms with Gasteiger partial charge in [-0.2, -0.15) is 0 Å². The van der Waals surface area contributed by atoms with E-state index in [1.165, 1.54) is 0 Å². The lowest BCUT2D eigenvalue weighted by Gasteiger charge is -2.16. The number of fused-ring (bicyclic) bond motifs is 5. The molecule has 2 bridgehead atoms. The van der Waals surface area contributed by atoms with Crippen molar-refractivity contribution in [3.05, 3.63) is 20.3 Å². The smallest absolute Gasteiger partial charge is 0.154 e. The van der Waals surface area contributed by atoms with Crippen LogP contribution in [0.2, 0.25) is 0 Å². The zero-order valence-corrected chi connectivity index (χ0v) is 12.8. The molecule has 3 aliphatic rings. The van der Waals surface area contributed by atoms with Crippen molar-refractivity contribution in [3.63, 3.8) is 0 Å². The predicted molar refractivity (Wildman–Crippen MR) is 74.4 cm³/mol. The number of hydrogen-bond acceptors (Lipinski definition) is 4. The minimum atomic E-state index is -0.553. The molecule has 1 aliphatic carbocycles. The maximum absolute atomic E-state index is 12.7. The molecule has 1 aromatic heterocycles. The predicted octanol–water partition coefficient (Wildman–Crippen LogP) is 2.85. The monoisotopic (exact) mass is 340 g/mol. The van der Waals surface area contributed by atoms with Gasteiger partial charge >= 0.3 is 0 Å². The van der Waals surface area contributed by atoms with Crippen LogP contribution in [0.4, 0.5) is 0 Å². The van der Waals surface area contributed by atoms with E-state index in [1.54, 1.807) is 11.3 Å². The van der Waals surface area contributed by atoms with E-state index < -0.39 is 5.92 Å². The highest BCUT2D eigenvalue weighted by molar-refractivity contribution is 9.10. The fourth-order valence-electron chi connectivity index (χ4n) is 3.99. The van der Waals surface area contributed by atoms with Crippen LogP contribution in [0.5, 0.6) is 0 Å². The van der Waals surface area contributed by atoms with Crippen molar-refractivity contribution in [1.82, 2.24) is 0 Å². The molecule has 19 heavy (non-hydrogen) atoms. The highest BCUT2D eigenvalue weighted by Gasteiger charge is 2.63. The zero-order valence-electron chi connectivity index (χ0n) is 10.4. The average Bonchev–Trinajstić information content (AvgIpc) is 3.10. The summed E-state index contributed by atoms with van der Waals surface area (Å²) in [6.45, 7) is 1.98. The number of ketones is 2. The number of carbonyl (C=O) groups is 2. The molecule has 4 rings (SSSR count). The van der Waals surface area contributed by atoms with Crippen LogP contribution in [0, 0.1) is 18.8 Å². The van der Waals surface area contributed by atoms with Crippen LogP contribution >= 0.6 is 27.3 Å². The van der Waals surface area contributed by atoms with E-state index >= 15 is 0 Å². The molecule has 3 nitrogen and oxygen atoms in total. The van der Waals surface area contributed by atoms with Gasteiger partial charge in [0.2, 0.25) is 0 Å². The zero-order chi connectivity index (χ0) is 13.3. The molecule has 0 N–H and O–H groups in total. The van der Waals surface area contributed by atoms with Gasteiger partial charge in [0.15, 0.2) is 11.6 Å². The summed E-state index contributed by atoms with van der Waals surface area (Å²) in [6, 6.07) is 0. The van der Waals surface area contributed by atoms with Crippen LogP contribution in [0.1, 0.15) is 29.2 Å². The van der Waals surface area contributed by atoms with Gasteiger partial charge in [-0.25, -0.2) is 0 Å². The largest absolute Gasteiger partial charge is 0.373 e. The van der Waals surface area contributed by atoms with E-state index in [2.05, 4.69) is 15.9 Å². The van der Waals surface area contributed by atoms with E-state index in [1.807, 2.05) is 12.3 Å². The number of ether oxygens (including phenoxy) is 1. The second-order valence-corrected chi connectivity index (χ2v) is 7.57. The molecule has 0 amide bonds. The molecular formula is C14H13BrO3S. The second-order valence-electron chi connectivity index (χ2n) is 5.63. The van der Waals surface area contributed by atoms with Crippen molar-refractivity contribution in [3.8, 4) is 0 Å². The molecule has 0 spiro atoms. The minimum absolute atomic E-state index is 0.00540. The summed E-state index contributed by atoms with van der Waals surface area (Å²) in [4.78, 5) is 26.4. The average molecular weight is 341 g/mol. The number of halogens is 1. The van der Waals surface area contributed by atoms with Crippen molar-refractivity contribution >= 4 is 38.8 Å². The maximum atomic E-state index is 12.7. The van der Waals surface area contributed by atoms with Gasteiger partial charge in [0.1, 0.15) is 5.92 Å². The molecule has 1 aromatic rings. The third-order valence-corrected chi connectivity index (χ3v) is 6.65. The van der Waals surface area contributed by atoms with E-state index in [0.717, 1.165) is 27.8 Å². The Bertz CT molecular complexity index is 546. The molecule has 5 heteroatoms. The molecule has 5 atom stereocenters. The Morgan fingerprint density at radius 3 is 2.26 bits per heavy atom. The molecule has 1 unspecified atom stereocenters. The van der Waals surface area contributed by atoms with Gasteiger partial charge in [-0.1, -0.05) is 0 Å². The number of Topliss-reactive ketones (excluding diaryl/α,β-unsaturated/α-hetero) is 2. The number of rotatable bonds is 1. The third-order valence-electron chi connectivity index (χ3n) is 4.76. The summed E-state index contributed by atoms with van der Waals surface area (Å²) < 4.78 is 6.65. The van der Waals surface area contributed by atoms with Crippen molar-refractivity contribution in [2.75, 3.05) is 0 Å². The number of aryl methyl sites for hydroxylation is 1. The Balaban J connectivity index is 1.80. The normalized spacial score (nSPS) is 40.2. The lowest BCUT2D eigenvalue weighted by molar-refractivity contribution is -0.127. The molecular weight excluding hydrogens is 328 g/mol. The number of thiophene rings is 1. The van der Waals surface area contributed by atoms with Crippen molar-refractivity contribution in [2.45, 2.75) is 37.9 Å². The van der Waals surface area contributed by atoms with Crippen molar-refractivity contribution in [1.29, 1.82) is 0 Å². The Labute approximate surface area is 123 Å². The molecule has 2 saturated heterocycles. The van der Waals surface area contributed by atoms with Gasteiger partial charge in [-0.3, -0.25) is 9.59 Å². The van der Waals surface area contributed by atoms with Gasteiger partial charge in [0, 0.05) is 14.7 Å². The standard InChI is InChI=1S/C14H13BrO3S/c1-5-9(6(15)4-19-5)12-13(16)10-7-2-3-8(18-7)11(10)14(12)17/h4,7-8,10-12H,2-3H2,1H3/t7-,8+,10+,11-,12?. The van der Waals surface area contributed by atoms with E-state index in [-0.39, 0.29) is 35.6 Å². The van der Waals surface area contributed by atoms with Crippen molar-refractivity contribution in [2.24, 2.45) is 11.8 Å². The minimum Gasteiger partial charge on any atom is -0.373 e. The molecule has 100 valence electrons. The highest BCUT2D eigenvalue weighted by Crippen LogP contribution is 2.53. The fraction of sp³-hybridized carbons (Fsp3) is 0.571. The van der Waals surface area contributed by atoms with E-state index in [4.69, 9.17) is 4.74 Å². The Hall–Kier alpha value is -0.520. The lowest BCUT2D eigenvalue weighted by atomic mass is 9.81. The lowest BCUT2D eigenvalue weighted by Crippen LogP contribution is -2.29. The first-order valence-electron chi connectivity index (χ1n) is 6.56. The van der Waals surface area contributed by atoms with E-state index in [0.29, 0.717) is 0 Å². The Morgan fingerprint density at radius 2 is 1.79 bits per heavy atom. The topological polar surface area (TPSA) is 43.4 Å². The van der Waals surface area contributed by atoms with Crippen LogP contribution in [0.15, 0.2) is 9.85 Å². The van der Waals surface area contributed by atoms with Gasteiger partial charge in [-0.05, 0) is 41.3 Å². The molecule has 0 radical (unpaired) electrons. The molecule has 0 aromatic carbocycles. The molecule has 3 heterocycles. The van der Waals surface area contributed by atoms with Crippen LogP contribution in [-0.2, 0) is 14.3 Å². The van der Waals surface area contributed by atoms with Crippen LogP contribution < -0.4 is 0 Å². The molecule has 3 fully saturated rings. The van der Waals surface area contributed by atoms with Crippen LogP contribution in [0.25, 0.3) is 0 Å². The number of carbonyl (C=O) groups excluding carboxylic acids is 2. The van der Waals surface area contributed by atoms with Gasteiger partial charge in [0.05, 0.1) is 24.0 Å². The van der Waals surface area contributed by atoms with Crippen LogP contribution in [-0.4, -0.2) is 23.8 Å². The van der Waals surface area contributed by atoms with Gasteiger partial charge in [-0.15, -0.1) is 11.3 Å².